The van der Waals surface area contributed by atoms with Gasteiger partial charge in [-0.25, -0.2) is 0 Å². The highest BCUT2D eigenvalue weighted by Crippen LogP contribution is 2.45. The van der Waals surface area contributed by atoms with Crippen LogP contribution in [-0.2, 0) is 10.2 Å². The van der Waals surface area contributed by atoms with Crippen molar-refractivity contribution in [1.29, 1.82) is 0 Å². The van der Waals surface area contributed by atoms with Gasteiger partial charge in [-0.2, -0.15) is 0 Å². The van der Waals surface area contributed by atoms with Crippen LogP contribution in [0.4, 0.5) is 0 Å². The molecule has 1 aliphatic rings. The van der Waals surface area contributed by atoms with Gasteiger partial charge in [-0.1, -0.05) is 36.4 Å². The van der Waals surface area contributed by atoms with E-state index in [1.807, 2.05) is 43.3 Å². The molecule has 0 aliphatic carbocycles. The maximum absolute atomic E-state index is 13.3. The highest BCUT2D eigenvalue weighted by molar-refractivity contribution is 6.07. The second-order valence-corrected chi connectivity index (χ2v) is 6.43. The topological polar surface area (TPSA) is 39.1 Å². The first-order chi connectivity index (χ1) is 11.1. The predicted molar refractivity (Wildman–Crippen MR) is 90.8 cm³/mol. The van der Waals surface area contributed by atoms with E-state index in [1.165, 1.54) is 0 Å². The molecule has 0 spiro atoms. The van der Waals surface area contributed by atoms with Crippen molar-refractivity contribution in [3.05, 3.63) is 59.7 Å². The van der Waals surface area contributed by atoms with Gasteiger partial charge in [0.2, 0.25) is 5.91 Å². The summed E-state index contributed by atoms with van der Waals surface area (Å²) >= 11 is 0. The number of carbonyl (C=O) groups excluding carboxylic acids is 2. The Hall–Kier alpha value is -2.68. The number of fused-ring (bicyclic) bond motifs is 5. The molecule has 4 rings (SSSR count). The maximum atomic E-state index is 13.3. The van der Waals surface area contributed by atoms with Crippen molar-refractivity contribution in [3.63, 3.8) is 0 Å². The third kappa shape index (κ3) is 1.70. The molecule has 0 amide bonds. The van der Waals surface area contributed by atoms with Crippen LogP contribution in [0.2, 0.25) is 0 Å². The van der Waals surface area contributed by atoms with E-state index >= 15 is 0 Å². The van der Waals surface area contributed by atoms with E-state index in [2.05, 4.69) is 19.1 Å². The summed E-state index contributed by atoms with van der Waals surface area (Å²) in [5.74, 6) is -0.0288. The van der Waals surface area contributed by atoms with E-state index in [-0.39, 0.29) is 12.3 Å². The Bertz CT molecular complexity index is 967. The molecule has 3 aromatic rings. The molecule has 0 N–H and O–H groups in total. The van der Waals surface area contributed by atoms with Crippen LogP contribution < -0.4 is 0 Å². The van der Waals surface area contributed by atoms with E-state index < -0.39 is 5.41 Å². The molecular formula is C20H17NO2. The molecule has 2 heterocycles. The highest BCUT2D eigenvalue weighted by atomic mass is 16.2. The number of aldehydes is 1. The van der Waals surface area contributed by atoms with Crippen molar-refractivity contribution in [2.45, 2.75) is 25.7 Å². The lowest BCUT2D eigenvalue weighted by Crippen LogP contribution is -2.41. The molecule has 1 aromatic heterocycles. The minimum atomic E-state index is -0.822. The minimum Gasteiger partial charge on any atom is -0.303 e. The van der Waals surface area contributed by atoms with Gasteiger partial charge in [-0.05, 0) is 37.1 Å². The summed E-state index contributed by atoms with van der Waals surface area (Å²) in [6, 6.07) is 15.9. The van der Waals surface area contributed by atoms with Crippen molar-refractivity contribution in [2.24, 2.45) is 0 Å². The summed E-state index contributed by atoms with van der Waals surface area (Å²) in [5, 5.41) is 1.04. The average molecular weight is 303 g/mol. The summed E-state index contributed by atoms with van der Waals surface area (Å²) in [7, 11) is 0. The van der Waals surface area contributed by atoms with Crippen LogP contribution in [0.15, 0.2) is 48.5 Å². The fourth-order valence-corrected chi connectivity index (χ4v) is 3.75. The number of aryl methyl sites for hydroxylation is 1. The lowest BCUT2D eigenvalue weighted by molar-refractivity contribution is -0.108. The molecule has 0 bridgehead atoms. The van der Waals surface area contributed by atoms with Gasteiger partial charge in [0, 0.05) is 17.4 Å². The van der Waals surface area contributed by atoms with E-state index in [9.17, 15) is 9.59 Å². The van der Waals surface area contributed by atoms with Gasteiger partial charge in [0.15, 0.2) is 0 Å². The second kappa shape index (κ2) is 4.66. The van der Waals surface area contributed by atoms with Crippen LogP contribution in [0.25, 0.3) is 22.2 Å². The smallest absolute Gasteiger partial charge is 0.242 e. The second-order valence-electron chi connectivity index (χ2n) is 6.43. The minimum absolute atomic E-state index is 0.0288. The third-order valence-electron chi connectivity index (χ3n) is 5.00. The van der Waals surface area contributed by atoms with E-state index in [0.29, 0.717) is 0 Å². The van der Waals surface area contributed by atoms with Gasteiger partial charge in [-0.3, -0.25) is 9.36 Å². The monoisotopic (exact) mass is 303 g/mol. The Morgan fingerprint density at radius 1 is 1.13 bits per heavy atom. The highest BCUT2D eigenvalue weighted by Gasteiger charge is 2.43. The van der Waals surface area contributed by atoms with Gasteiger partial charge in [-0.15, -0.1) is 0 Å². The fourth-order valence-electron chi connectivity index (χ4n) is 3.75. The fraction of sp³-hybridized carbons (Fsp3) is 0.200. The van der Waals surface area contributed by atoms with Gasteiger partial charge < -0.3 is 4.79 Å². The Labute approximate surface area is 134 Å². The molecule has 0 saturated heterocycles. The number of rotatable bonds is 2. The number of carbonyl (C=O) groups is 2. The average Bonchev–Trinajstić information content (AvgIpc) is 2.92. The van der Waals surface area contributed by atoms with E-state index in [4.69, 9.17) is 0 Å². The number of para-hydroxylation sites is 1. The van der Waals surface area contributed by atoms with E-state index in [1.54, 1.807) is 4.57 Å². The lowest BCUT2D eigenvalue weighted by Gasteiger charge is -2.35. The zero-order valence-corrected chi connectivity index (χ0v) is 13.2. The Morgan fingerprint density at radius 3 is 2.70 bits per heavy atom. The summed E-state index contributed by atoms with van der Waals surface area (Å²) in [6.45, 7) is 3.93. The van der Waals surface area contributed by atoms with Gasteiger partial charge in [0.05, 0.1) is 16.6 Å². The first-order valence-corrected chi connectivity index (χ1v) is 7.77. The van der Waals surface area contributed by atoms with Crippen molar-refractivity contribution in [3.8, 4) is 11.3 Å². The number of benzene rings is 2. The van der Waals surface area contributed by atoms with Crippen molar-refractivity contribution >= 4 is 23.1 Å². The molecule has 114 valence electrons. The third-order valence-corrected chi connectivity index (χ3v) is 5.00. The SMILES string of the molecule is Cc1cccc2c1-c1cc3ccccc3n1C(=O)C2(C)CC=O. The van der Waals surface area contributed by atoms with Gasteiger partial charge >= 0.3 is 0 Å². The molecule has 1 unspecified atom stereocenters. The van der Waals surface area contributed by atoms with Crippen molar-refractivity contribution < 1.29 is 9.59 Å². The summed E-state index contributed by atoms with van der Waals surface area (Å²) in [5.41, 5.74) is 4.15. The predicted octanol–water partition coefficient (Wildman–Crippen LogP) is 4.12. The molecule has 3 nitrogen and oxygen atoms in total. The summed E-state index contributed by atoms with van der Waals surface area (Å²) < 4.78 is 1.79. The molecule has 0 radical (unpaired) electrons. The van der Waals surface area contributed by atoms with Gasteiger partial charge in [0.25, 0.3) is 0 Å². The molecule has 1 atom stereocenters. The molecule has 1 aliphatic heterocycles. The number of aromatic nitrogens is 1. The quantitative estimate of drug-likeness (QED) is 0.668. The number of hydrogen-bond acceptors (Lipinski definition) is 2. The molecule has 23 heavy (non-hydrogen) atoms. The van der Waals surface area contributed by atoms with Crippen LogP contribution in [0, 0.1) is 6.92 Å². The zero-order valence-electron chi connectivity index (χ0n) is 13.2. The first kappa shape index (κ1) is 13.9. The normalized spacial score (nSPS) is 19.5. The molecule has 2 aromatic carbocycles. The van der Waals surface area contributed by atoms with Crippen molar-refractivity contribution in [2.75, 3.05) is 0 Å². The van der Waals surface area contributed by atoms with Crippen LogP contribution in [0.1, 0.15) is 29.3 Å². The molecule has 0 fully saturated rings. The zero-order chi connectivity index (χ0) is 16.2. The Morgan fingerprint density at radius 2 is 1.91 bits per heavy atom. The van der Waals surface area contributed by atoms with Crippen molar-refractivity contribution in [1.82, 2.24) is 4.57 Å². The summed E-state index contributed by atoms with van der Waals surface area (Å²) in [6.07, 6.45) is 1.04. The lowest BCUT2D eigenvalue weighted by atomic mass is 9.73. The van der Waals surface area contributed by atoms with E-state index in [0.717, 1.165) is 39.6 Å². The van der Waals surface area contributed by atoms with Crippen LogP contribution in [0.3, 0.4) is 0 Å². The summed E-state index contributed by atoms with van der Waals surface area (Å²) in [4.78, 5) is 24.6. The van der Waals surface area contributed by atoms with Crippen LogP contribution in [-0.4, -0.2) is 16.8 Å². The number of nitrogens with zero attached hydrogens (tertiary/aromatic N) is 1. The molecule has 3 heteroatoms. The Balaban J connectivity index is 2.17. The Kier molecular flexibility index (Phi) is 2.82. The maximum Gasteiger partial charge on any atom is 0.242 e. The van der Waals surface area contributed by atoms with Crippen LogP contribution >= 0.6 is 0 Å². The van der Waals surface area contributed by atoms with Gasteiger partial charge in [0.1, 0.15) is 6.29 Å². The largest absolute Gasteiger partial charge is 0.303 e. The van der Waals surface area contributed by atoms with Crippen LogP contribution in [0.5, 0.6) is 0 Å². The molecular weight excluding hydrogens is 286 g/mol. The number of hydrogen-bond donors (Lipinski definition) is 0. The standard InChI is InChI=1S/C20H17NO2/c1-13-6-5-8-15-18(13)17-12-14-7-3-4-9-16(14)21(17)19(23)20(15,2)10-11-22/h3-9,11-12H,10H2,1-2H3. The first-order valence-electron chi connectivity index (χ1n) is 7.77. The molecule has 0 saturated carbocycles.